The molecule has 2 aliphatic carbocycles. The van der Waals surface area contributed by atoms with Gasteiger partial charge in [0.05, 0.1) is 0 Å². The zero-order valence-electron chi connectivity index (χ0n) is 12.1. The molecule has 108 valence electrons. The predicted octanol–water partition coefficient (Wildman–Crippen LogP) is 3.52. The molecule has 3 rings (SSSR count). The molecule has 0 radical (unpaired) electrons. The van der Waals surface area contributed by atoms with Gasteiger partial charge >= 0.3 is 0 Å². The van der Waals surface area contributed by atoms with Crippen LogP contribution in [-0.4, -0.2) is 30.6 Å². The Morgan fingerprint density at radius 3 is 2.75 bits per heavy atom. The van der Waals surface area contributed by atoms with Gasteiger partial charge in [-0.15, -0.1) is 0 Å². The number of hydrogen-bond donors (Lipinski definition) is 1. The van der Waals surface area contributed by atoms with Crippen LogP contribution in [0.15, 0.2) is 24.3 Å². The Bertz CT molecular complexity index is 518. The summed E-state index contributed by atoms with van der Waals surface area (Å²) < 4.78 is 13.6. The fraction of sp³-hybridized carbons (Fsp3) is 0.529. The van der Waals surface area contributed by atoms with E-state index in [1.165, 1.54) is 30.9 Å². The third-order valence-electron chi connectivity index (χ3n) is 4.68. The van der Waals surface area contributed by atoms with E-state index in [4.69, 9.17) is 0 Å². The third kappa shape index (κ3) is 2.59. The average Bonchev–Trinajstić information content (AvgIpc) is 2.74. The first-order valence-electron chi connectivity index (χ1n) is 7.39. The minimum Gasteiger partial charge on any atom is -0.508 e. The Hall–Kier alpha value is -1.35. The van der Waals surface area contributed by atoms with Crippen LogP contribution in [0.1, 0.15) is 24.8 Å². The van der Waals surface area contributed by atoms with Crippen molar-refractivity contribution < 1.29 is 9.50 Å². The molecule has 3 unspecified atom stereocenters. The first-order chi connectivity index (χ1) is 9.52. The van der Waals surface area contributed by atoms with Crippen molar-refractivity contribution in [1.82, 2.24) is 4.90 Å². The zero-order valence-corrected chi connectivity index (χ0v) is 12.1. The SMILES string of the molecule is CN(C)CC1C(c2cc(O)cc(F)c2)=CC2CCC1C2. The Morgan fingerprint density at radius 1 is 1.25 bits per heavy atom. The topological polar surface area (TPSA) is 23.5 Å². The van der Waals surface area contributed by atoms with Crippen LogP contribution in [0.2, 0.25) is 0 Å². The third-order valence-corrected chi connectivity index (χ3v) is 4.68. The van der Waals surface area contributed by atoms with E-state index in [0.29, 0.717) is 17.8 Å². The molecular formula is C17H22FNO. The maximum atomic E-state index is 13.6. The van der Waals surface area contributed by atoms with E-state index >= 15 is 0 Å². The minimum absolute atomic E-state index is 0.0161. The van der Waals surface area contributed by atoms with Crippen LogP contribution in [0.4, 0.5) is 4.39 Å². The Kier molecular flexibility index (Phi) is 3.55. The van der Waals surface area contributed by atoms with E-state index in [9.17, 15) is 9.50 Å². The summed E-state index contributed by atoms with van der Waals surface area (Å²) in [5, 5.41) is 9.66. The van der Waals surface area contributed by atoms with Crippen molar-refractivity contribution in [3.8, 4) is 5.75 Å². The van der Waals surface area contributed by atoms with Gasteiger partial charge < -0.3 is 10.0 Å². The van der Waals surface area contributed by atoms with Gasteiger partial charge in [-0.05, 0) is 74.4 Å². The zero-order chi connectivity index (χ0) is 14.3. The summed E-state index contributed by atoms with van der Waals surface area (Å²) in [6.45, 7) is 0.987. The Morgan fingerprint density at radius 2 is 2.05 bits per heavy atom. The van der Waals surface area contributed by atoms with Crippen molar-refractivity contribution in [3.63, 3.8) is 0 Å². The molecule has 0 amide bonds. The largest absolute Gasteiger partial charge is 0.508 e. The van der Waals surface area contributed by atoms with Gasteiger partial charge in [0.1, 0.15) is 11.6 Å². The molecule has 0 saturated heterocycles. The highest BCUT2D eigenvalue weighted by Crippen LogP contribution is 2.48. The molecule has 2 nitrogen and oxygen atoms in total. The average molecular weight is 275 g/mol. The number of rotatable bonds is 3. The van der Waals surface area contributed by atoms with Crippen molar-refractivity contribution in [2.24, 2.45) is 17.8 Å². The maximum Gasteiger partial charge on any atom is 0.127 e. The quantitative estimate of drug-likeness (QED) is 0.912. The summed E-state index contributed by atoms with van der Waals surface area (Å²) in [5.74, 6) is 1.45. The van der Waals surface area contributed by atoms with Gasteiger partial charge in [0.2, 0.25) is 0 Å². The normalized spacial score (nSPS) is 28.8. The molecule has 1 aromatic carbocycles. The first kappa shape index (κ1) is 13.6. The highest BCUT2D eigenvalue weighted by molar-refractivity contribution is 5.70. The van der Waals surface area contributed by atoms with Crippen LogP contribution in [-0.2, 0) is 0 Å². The summed E-state index contributed by atoms with van der Waals surface area (Å²) in [4.78, 5) is 2.20. The van der Waals surface area contributed by atoms with Gasteiger partial charge in [-0.1, -0.05) is 6.08 Å². The van der Waals surface area contributed by atoms with Crippen molar-refractivity contribution in [1.29, 1.82) is 0 Å². The molecule has 20 heavy (non-hydrogen) atoms. The lowest BCUT2D eigenvalue weighted by Crippen LogP contribution is -2.29. The molecule has 1 saturated carbocycles. The number of allylic oxidation sites excluding steroid dienone is 1. The number of benzene rings is 1. The Balaban J connectivity index is 1.99. The summed E-state index contributed by atoms with van der Waals surface area (Å²) >= 11 is 0. The van der Waals surface area contributed by atoms with Gasteiger partial charge in [-0.2, -0.15) is 0 Å². The van der Waals surface area contributed by atoms with Crippen molar-refractivity contribution in [2.45, 2.75) is 19.3 Å². The number of phenolic OH excluding ortho intramolecular Hbond substituents is 1. The second-order valence-corrected chi connectivity index (χ2v) is 6.52. The molecular weight excluding hydrogens is 253 g/mol. The highest BCUT2D eigenvalue weighted by Gasteiger charge is 2.37. The lowest BCUT2D eigenvalue weighted by Gasteiger charge is -2.32. The van der Waals surface area contributed by atoms with Gasteiger partial charge in [0.25, 0.3) is 0 Å². The molecule has 3 heteroatoms. The first-order valence-corrected chi connectivity index (χ1v) is 7.39. The molecule has 1 aromatic rings. The molecule has 0 aromatic heterocycles. The number of fused-ring (bicyclic) bond motifs is 2. The van der Waals surface area contributed by atoms with Gasteiger partial charge in [0.15, 0.2) is 0 Å². The van der Waals surface area contributed by atoms with E-state index in [1.54, 1.807) is 12.1 Å². The Labute approximate surface area is 119 Å². The lowest BCUT2D eigenvalue weighted by atomic mass is 9.76. The molecule has 1 N–H and O–H groups in total. The monoisotopic (exact) mass is 275 g/mol. The number of nitrogens with zero attached hydrogens (tertiary/aromatic N) is 1. The van der Waals surface area contributed by atoms with Gasteiger partial charge in [-0.3, -0.25) is 0 Å². The standard InChI is InChI=1S/C17H22FNO/c1-19(2)10-17-12-4-3-11(5-12)6-16(17)13-7-14(18)9-15(20)8-13/h6-9,11-12,17,20H,3-5,10H2,1-2H3. The van der Waals surface area contributed by atoms with Crippen LogP contribution >= 0.6 is 0 Å². The minimum atomic E-state index is -0.359. The molecule has 1 fully saturated rings. The highest BCUT2D eigenvalue weighted by atomic mass is 19.1. The number of phenols is 1. The van der Waals surface area contributed by atoms with E-state index in [2.05, 4.69) is 25.1 Å². The van der Waals surface area contributed by atoms with E-state index in [0.717, 1.165) is 12.1 Å². The molecule has 2 bridgehead atoms. The van der Waals surface area contributed by atoms with Gasteiger partial charge in [-0.25, -0.2) is 4.39 Å². The summed E-state index contributed by atoms with van der Waals surface area (Å²) in [6, 6.07) is 4.42. The number of aromatic hydroxyl groups is 1. The van der Waals surface area contributed by atoms with Crippen LogP contribution in [0.25, 0.3) is 5.57 Å². The van der Waals surface area contributed by atoms with E-state index in [-0.39, 0.29) is 11.6 Å². The summed E-state index contributed by atoms with van der Waals surface area (Å²) in [5.41, 5.74) is 2.08. The van der Waals surface area contributed by atoms with Crippen LogP contribution in [0.5, 0.6) is 5.75 Å². The van der Waals surface area contributed by atoms with Crippen LogP contribution in [0, 0.1) is 23.6 Å². The lowest BCUT2D eigenvalue weighted by molar-refractivity contribution is 0.289. The maximum absolute atomic E-state index is 13.6. The predicted molar refractivity (Wildman–Crippen MR) is 78.9 cm³/mol. The van der Waals surface area contributed by atoms with Crippen molar-refractivity contribution in [2.75, 3.05) is 20.6 Å². The number of hydrogen-bond acceptors (Lipinski definition) is 2. The molecule has 3 atom stereocenters. The van der Waals surface area contributed by atoms with Crippen LogP contribution < -0.4 is 0 Å². The van der Waals surface area contributed by atoms with Crippen molar-refractivity contribution >= 4 is 5.57 Å². The fourth-order valence-electron chi connectivity index (χ4n) is 3.89. The molecule has 0 spiro atoms. The van der Waals surface area contributed by atoms with Crippen LogP contribution in [0.3, 0.4) is 0 Å². The second-order valence-electron chi connectivity index (χ2n) is 6.52. The van der Waals surface area contributed by atoms with E-state index < -0.39 is 0 Å². The molecule has 0 heterocycles. The number of halogens is 1. The molecule has 2 aliphatic rings. The van der Waals surface area contributed by atoms with E-state index in [1.807, 2.05) is 0 Å². The van der Waals surface area contributed by atoms with Crippen molar-refractivity contribution in [3.05, 3.63) is 35.7 Å². The summed E-state index contributed by atoms with van der Waals surface area (Å²) in [7, 11) is 4.17. The molecule has 0 aliphatic heterocycles. The van der Waals surface area contributed by atoms with Gasteiger partial charge in [0, 0.05) is 12.6 Å². The smallest absolute Gasteiger partial charge is 0.127 e. The summed E-state index contributed by atoms with van der Waals surface area (Å²) in [6.07, 6.45) is 6.11. The second kappa shape index (κ2) is 5.21. The fourth-order valence-corrected chi connectivity index (χ4v) is 3.89.